The van der Waals surface area contributed by atoms with E-state index in [4.69, 9.17) is 19.4 Å². The van der Waals surface area contributed by atoms with Crippen molar-refractivity contribution in [3.63, 3.8) is 0 Å². The van der Waals surface area contributed by atoms with Crippen LogP contribution >= 0.6 is 0 Å². The Morgan fingerprint density at radius 2 is 0.788 bits per heavy atom. The first-order chi connectivity index (χ1) is 32.7. The summed E-state index contributed by atoms with van der Waals surface area (Å²) >= 11 is 0. The van der Waals surface area contributed by atoms with Gasteiger partial charge in [-0.3, -0.25) is 0 Å². The molecule has 0 atom stereocenters. The first-order valence-electron chi connectivity index (χ1n) is 22.3. The van der Waals surface area contributed by atoms with Crippen molar-refractivity contribution in [3.8, 4) is 51.0 Å². The first kappa shape index (κ1) is 36.5. The molecular formula is C61H36N4O. The highest BCUT2D eigenvalue weighted by Gasteiger charge is 2.22. The summed E-state index contributed by atoms with van der Waals surface area (Å²) in [6.07, 6.45) is 0. The highest BCUT2D eigenvalue weighted by Crippen LogP contribution is 2.44. The molecule has 66 heavy (non-hydrogen) atoms. The summed E-state index contributed by atoms with van der Waals surface area (Å²) in [4.78, 5) is 16.0. The second kappa shape index (κ2) is 14.3. The predicted octanol–water partition coefficient (Wildman–Crippen LogP) is 16.1. The maximum absolute atomic E-state index is 6.54. The summed E-state index contributed by atoms with van der Waals surface area (Å²) in [6.45, 7) is 0. The minimum absolute atomic E-state index is 0.585. The Morgan fingerprint density at radius 1 is 0.303 bits per heavy atom. The van der Waals surface area contributed by atoms with Crippen molar-refractivity contribution in [2.45, 2.75) is 0 Å². The fraction of sp³-hybridized carbons (Fsp3) is 0. The van der Waals surface area contributed by atoms with Gasteiger partial charge in [0.1, 0.15) is 11.2 Å². The van der Waals surface area contributed by atoms with Gasteiger partial charge in [-0.1, -0.05) is 152 Å². The Morgan fingerprint density at radius 3 is 1.38 bits per heavy atom. The van der Waals surface area contributed by atoms with Crippen molar-refractivity contribution < 1.29 is 4.42 Å². The monoisotopic (exact) mass is 840 g/mol. The second-order valence-electron chi connectivity index (χ2n) is 17.2. The molecule has 14 rings (SSSR count). The number of hydrogen-bond acceptors (Lipinski definition) is 4. The zero-order valence-corrected chi connectivity index (χ0v) is 35.5. The molecule has 11 aromatic carbocycles. The van der Waals surface area contributed by atoms with Gasteiger partial charge in [0.25, 0.3) is 0 Å². The van der Waals surface area contributed by atoms with Gasteiger partial charge in [0.05, 0.1) is 11.0 Å². The third kappa shape index (κ3) is 5.77. The van der Waals surface area contributed by atoms with Crippen molar-refractivity contribution in [2.24, 2.45) is 0 Å². The molecule has 5 nitrogen and oxygen atoms in total. The summed E-state index contributed by atoms with van der Waals surface area (Å²) in [7, 11) is 0. The summed E-state index contributed by atoms with van der Waals surface area (Å²) < 4.78 is 8.97. The van der Waals surface area contributed by atoms with E-state index in [1.54, 1.807) is 0 Å². The van der Waals surface area contributed by atoms with Crippen LogP contribution in [0.2, 0.25) is 0 Å². The van der Waals surface area contributed by atoms with Crippen LogP contribution in [0.25, 0.3) is 138 Å². The van der Waals surface area contributed by atoms with E-state index in [1.807, 2.05) is 12.1 Å². The van der Waals surface area contributed by atoms with Gasteiger partial charge in [0.2, 0.25) is 0 Å². The minimum atomic E-state index is 0.585. The Balaban J connectivity index is 1.08. The van der Waals surface area contributed by atoms with Crippen molar-refractivity contribution in [1.29, 1.82) is 0 Å². The first-order valence-corrected chi connectivity index (χ1v) is 22.3. The number of fused-ring (bicyclic) bond motifs is 10. The van der Waals surface area contributed by atoms with Crippen molar-refractivity contribution in [2.75, 3.05) is 0 Å². The lowest BCUT2D eigenvalue weighted by atomic mass is 9.94. The highest BCUT2D eigenvalue weighted by molar-refractivity contribution is 6.17. The standard InChI is InChI=1S/C61H36N4O/c1-3-14-39-30-45(26-24-37(39)12-1)59-62-60(46-27-25-38-13-2-4-15-40(38)31-46)64-61(63-59)49-29-28-47(36-51(49)48-21-11-23-57-58(48)50-20-9-10-22-56(50)66-57)65-54-34-43-18-7-5-16-41(43)32-52(54)53-33-42-17-6-8-19-44(42)35-55(53)65/h1-36H. The second-order valence-corrected chi connectivity index (χ2v) is 17.2. The van der Waals surface area contributed by atoms with Gasteiger partial charge in [-0.15, -0.1) is 0 Å². The highest BCUT2D eigenvalue weighted by atomic mass is 16.3. The number of nitrogens with zero attached hydrogens (tertiary/aromatic N) is 4. The lowest BCUT2D eigenvalue weighted by Gasteiger charge is -2.16. The van der Waals surface area contributed by atoms with Crippen LogP contribution < -0.4 is 0 Å². The van der Waals surface area contributed by atoms with Gasteiger partial charge in [0, 0.05) is 43.9 Å². The largest absolute Gasteiger partial charge is 0.456 e. The smallest absolute Gasteiger partial charge is 0.164 e. The van der Waals surface area contributed by atoms with Crippen LogP contribution in [0.15, 0.2) is 223 Å². The van der Waals surface area contributed by atoms with Crippen LogP contribution in [0.5, 0.6) is 0 Å². The number of furan rings is 1. The van der Waals surface area contributed by atoms with Crippen LogP contribution in [0.1, 0.15) is 0 Å². The van der Waals surface area contributed by atoms with Crippen molar-refractivity contribution in [1.82, 2.24) is 19.5 Å². The molecule has 3 aromatic heterocycles. The molecule has 0 N–H and O–H groups in total. The van der Waals surface area contributed by atoms with E-state index in [2.05, 4.69) is 211 Å². The maximum atomic E-state index is 6.54. The Hall–Kier alpha value is -8.93. The summed E-state index contributed by atoms with van der Waals surface area (Å²) in [5.41, 5.74) is 9.73. The van der Waals surface area contributed by atoms with Gasteiger partial charge in [-0.25, -0.2) is 15.0 Å². The minimum Gasteiger partial charge on any atom is -0.456 e. The van der Waals surface area contributed by atoms with E-state index in [0.717, 1.165) is 88.0 Å². The van der Waals surface area contributed by atoms with E-state index < -0.39 is 0 Å². The molecule has 0 fully saturated rings. The molecule has 0 amide bonds. The lowest BCUT2D eigenvalue weighted by Crippen LogP contribution is -2.02. The predicted molar refractivity (Wildman–Crippen MR) is 273 cm³/mol. The molecule has 5 heteroatoms. The lowest BCUT2D eigenvalue weighted by molar-refractivity contribution is 0.669. The van der Waals surface area contributed by atoms with Gasteiger partial charge >= 0.3 is 0 Å². The van der Waals surface area contributed by atoms with Crippen LogP contribution in [0.3, 0.4) is 0 Å². The van der Waals surface area contributed by atoms with Gasteiger partial charge in [-0.05, 0) is 121 Å². The van der Waals surface area contributed by atoms with E-state index in [1.165, 1.54) is 32.3 Å². The molecule has 0 saturated heterocycles. The molecule has 0 aliphatic rings. The van der Waals surface area contributed by atoms with Crippen LogP contribution in [-0.4, -0.2) is 19.5 Å². The number of para-hydroxylation sites is 1. The molecule has 0 radical (unpaired) electrons. The number of aromatic nitrogens is 4. The van der Waals surface area contributed by atoms with E-state index in [0.29, 0.717) is 17.5 Å². The molecule has 14 aromatic rings. The molecule has 0 unspecified atom stereocenters. The van der Waals surface area contributed by atoms with Crippen LogP contribution in [0.4, 0.5) is 0 Å². The summed E-state index contributed by atoms with van der Waals surface area (Å²) in [5.74, 6) is 1.80. The van der Waals surface area contributed by atoms with E-state index in [9.17, 15) is 0 Å². The third-order valence-electron chi connectivity index (χ3n) is 13.3. The van der Waals surface area contributed by atoms with Crippen molar-refractivity contribution >= 4 is 86.8 Å². The molecule has 0 spiro atoms. The summed E-state index contributed by atoms with van der Waals surface area (Å²) in [5, 5.41) is 13.9. The SMILES string of the molecule is c1ccc2cc(-c3nc(-c4ccc5ccccc5c4)nc(-c4ccc(-n5c6cc7ccccc7cc6c6cc7ccccc7cc65)cc4-c4cccc5oc6ccccc6c45)n3)ccc2c1. The molecule has 0 aliphatic carbocycles. The normalized spacial score (nSPS) is 11.9. The number of benzene rings is 11. The van der Waals surface area contributed by atoms with Crippen LogP contribution in [-0.2, 0) is 0 Å². The van der Waals surface area contributed by atoms with E-state index >= 15 is 0 Å². The fourth-order valence-corrected chi connectivity index (χ4v) is 10.2. The van der Waals surface area contributed by atoms with Gasteiger partial charge < -0.3 is 8.98 Å². The molecule has 0 saturated carbocycles. The maximum Gasteiger partial charge on any atom is 0.164 e. The Bertz CT molecular complexity index is 4120. The number of hydrogen-bond donors (Lipinski definition) is 0. The van der Waals surface area contributed by atoms with Gasteiger partial charge in [-0.2, -0.15) is 0 Å². The molecule has 306 valence electrons. The number of rotatable bonds is 5. The topological polar surface area (TPSA) is 56.7 Å². The van der Waals surface area contributed by atoms with E-state index in [-0.39, 0.29) is 0 Å². The third-order valence-corrected chi connectivity index (χ3v) is 13.3. The fourth-order valence-electron chi connectivity index (χ4n) is 10.2. The average molecular weight is 841 g/mol. The Labute approximate surface area is 378 Å². The zero-order valence-electron chi connectivity index (χ0n) is 35.5. The molecule has 0 aliphatic heterocycles. The summed E-state index contributed by atoms with van der Waals surface area (Å²) in [6, 6.07) is 77.7. The molecular weight excluding hydrogens is 805 g/mol. The molecule has 3 heterocycles. The van der Waals surface area contributed by atoms with Gasteiger partial charge in [0.15, 0.2) is 17.5 Å². The Kier molecular flexibility index (Phi) is 7.91. The zero-order chi connectivity index (χ0) is 43.3. The van der Waals surface area contributed by atoms with Crippen molar-refractivity contribution in [3.05, 3.63) is 218 Å². The average Bonchev–Trinajstić information content (AvgIpc) is 3.91. The quantitative estimate of drug-likeness (QED) is 0.173. The van der Waals surface area contributed by atoms with Crippen LogP contribution in [0, 0.1) is 0 Å². The molecule has 0 bridgehead atoms.